The van der Waals surface area contributed by atoms with Crippen LogP contribution in [0.3, 0.4) is 0 Å². The summed E-state index contributed by atoms with van der Waals surface area (Å²) in [5.41, 5.74) is 0. The molecule has 0 aromatic rings. The van der Waals surface area contributed by atoms with E-state index in [1.54, 1.807) is 0 Å². The van der Waals surface area contributed by atoms with Crippen LogP contribution in [0.1, 0.15) is 0 Å². The minimum absolute atomic E-state index is 0. The van der Waals surface area contributed by atoms with Crippen LogP contribution in [0.25, 0.3) is 0 Å². The number of rotatable bonds is 0. The predicted molar refractivity (Wildman–Crippen MR) is 13.4 cm³/mol. The maximum atomic E-state index is 8.52. The second-order valence-electron chi connectivity index (χ2n) is 0.451. The number of carboxylic acid groups (broad SMARTS) is 2. The maximum absolute atomic E-state index is 8.52. The van der Waals surface area contributed by atoms with Crippen LogP contribution in [0.5, 0.6) is 0 Å². The molecule has 0 aliphatic heterocycles. The summed E-state index contributed by atoms with van der Waals surface area (Å²) in [4.78, 5) is 8.33. The number of halogens is 1. The number of carbonyl (C=O) groups excluding carboxylic acids is 1. The quantitative estimate of drug-likeness (QED) is 0.373. The standard InChI is InChI=1S/CH2O3.Ca.ClHO3/c2-1(3)4;;2-1(3)4/h(H2,2,3,4);;2H/q;+2;/p-2. The van der Waals surface area contributed by atoms with Gasteiger partial charge in [-0.15, -0.1) is 0 Å². The normalized spacial score (nSPS) is 6.67. The zero-order chi connectivity index (χ0) is 7.15. The molecular formula is CHCaClO6. The molecule has 0 spiro atoms. The summed E-state index contributed by atoms with van der Waals surface area (Å²) in [6.07, 6.45) is -2.33. The zero-order valence-electron chi connectivity index (χ0n) is 4.07. The van der Waals surface area contributed by atoms with E-state index in [1.165, 1.54) is 0 Å². The second kappa shape index (κ2) is 11.5. The van der Waals surface area contributed by atoms with Gasteiger partial charge in [0.15, 0.2) is 0 Å². The van der Waals surface area contributed by atoms with Crippen LogP contribution in [0.4, 0.5) is 4.79 Å². The van der Waals surface area contributed by atoms with Crippen LogP contribution >= 0.6 is 0 Å². The third-order valence-electron chi connectivity index (χ3n) is 0. The van der Waals surface area contributed by atoms with Crippen molar-refractivity contribution < 1.29 is 39.8 Å². The molecule has 0 unspecified atom stereocenters. The molecule has 0 atom stereocenters. The van der Waals surface area contributed by atoms with E-state index < -0.39 is 16.9 Å². The van der Waals surface area contributed by atoms with E-state index in [9.17, 15) is 0 Å². The van der Waals surface area contributed by atoms with Gasteiger partial charge in [0.1, 0.15) is 0 Å². The molecule has 9 heavy (non-hydrogen) atoms. The number of hydrogen-bond donors (Lipinski definition) is 1. The van der Waals surface area contributed by atoms with Crippen LogP contribution in [-0.2, 0) is 0 Å². The van der Waals surface area contributed by atoms with Gasteiger partial charge >= 0.3 is 37.7 Å². The molecule has 50 valence electrons. The Morgan fingerprint density at radius 1 is 1.33 bits per heavy atom. The van der Waals surface area contributed by atoms with Crippen molar-refractivity contribution in [2.24, 2.45) is 0 Å². The fourth-order valence-corrected chi connectivity index (χ4v) is 0. The van der Waals surface area contributed by atoms with Crippen molar-refractivity contribution in [2.45, 2.75) is 0 Å². The van der Waals surface area contributed by atoms with Crippen LogP contribution in [-0.4, -0.2) is 48.6 Å². The second-order valence-corrected chi connectivity index (χ2v) is 0.853. The van der Waals surface area contributed by atoms with Crippen LogP contribution in [0.15, 0.2) is 0 Å². The van der Waals surface area contributed by atoms with Crippen molar-refractivity contribution in [3.63, 3.8) is 0 Å². The summed E-state index contributed by atoms with van der Waals surface area (Å²) in [5, 5.41) is 16.7. The summed E-state index contributed by atoms with van der Waals surface area (Å²) >= 11 is 0. The SMILES string of the molecule is O=C([O-])[O-].[Ca+2].[O-][Cl+2]([O-])O. The summed E-state index contributed by atoms with van der Waals surface area (Å²) in [5.74, 6) is 0. The van der Waals surface area contributed by atoms with Gasteiger partial charge in [0.05, 0.1) is 0 Å². The molecule has 0 heterocycles. The number of carbonyl (C=O) groups is 1. The van der Waals surface area contributed by atoms with Gasteiger partial charge in [-0.05, 0) is 6.16 Å². The van der Waals surface area contributed by atoms with E-state index in [2.05, 4.69) is 0 Å². The largest absolute Gasteiger partial charge is 2.00 e. The Hall–Kier alpha value is 0.700. The summed E-state index contributed by atoms with van der Waals surface area (Å²) in [7, 11) is -2.60. The third-order valence-corrected chi connectivity index (χ3v) is 0. The van der Waals surface area contributed by atoms with Crippen LogP contribution in [0, 0.1) is 10.8 Å². The molecule has 0 amide bonds. The monoisotopic (exact) mass is 184 g/mol. The van der Waals surface area contributed by atoms with Crippen LogP contribution < -0.4 is 19.5 Å². The van der Waals surface area contributed by atoms with Crippen molar-refractivity contribution >= 4 is 43.9 Å². The first-order valence-electron chi connectivity index (χ1n) is 1.09. The Morgan fingerprint density at radius 2 is 1.33 bits per heavy atom. The molecule has 1 N–H and O–H groups in total. The molecular weight excluding hydrogens is 184 g/mol. The fourth-order valence-electron chi connectivity index (χ4n) is 0. The van der Waals surface area contributed by atoms with E-state index in [-0.39, 0.29) is 37.7 Å². The molecule has 8 heteroatoms. The molecule has 6 nitrogen and oxygen atoms in total. The first-order valence-corrected chi connectivity index (χ1v) is 2.05. The topological polar surface area (TPSA) is 130 Å². The Labute approximate surface area is 83.1 Å². The molecule has 0 radical (unpaired) electrons. The Morgan fingerprint density at radius 3 is 1.33 bits per heavy atom. The molecule has 0 aliphatic rings. The molecule has 0 saturated heterocycles. The Balaban J connectivity index is -0.0000000720. The van der Waals surface area contributed by atoms with Gasteiger partial charge in [0.2, 0.25) is 0 Å². The van der Waals surface area contributed by atoms with Gasteiger partial charge in [0, 0.05) is 4.66 Å². The van der Waals surface area contributed by atoms with Crippen LogP contribution in [0.2, 0.25) is 0 Å². The summed E-state index contributed by atoms with van der Waals surface area (Å²) < 4.78 is 24.0. The number of hydrogen-bond acceptors (Lipinski definition) is 6. The van der Waals surface area contributed by atoms with Crippen molar-refractivity contribution in [1.82, 2.24) is 0 Å². The van der Waals surface area contributed by atoms with Gasteiger partial charge in [-0.3, -0.25) is 0 Å². The first-order chi connectivity index (χ1) is 3.46. The van der Waals surface area contributed by atoms with Crippen molar-refractivity contribution in [2.75, 3.05) is 0 Å². The van der Waals surface area contributed by atoms with E-state index in [1.807, 2.05) is 0 Å². The van der Waals surface area contributed by atoms with Crippen molar-refractivity contribution in [3.05, 3.63) is 0 Å². The zero-order valence-corrected chi connectivity index (χ0v) is 7.04. The minimum Gasteiger partial charge on any atom is -0.652 e. The van der Waals surface area contributed by atoms with Crippen molar-refractivity contribution in [1.29, 1.82) is 0 Å². The molecule has 0 aliphatic carbocycles. The molecule has 0 fully saturated rings. The van der Waals surface area contributed by atoms with Gasteiger partial charge in [0.25, 0.3) is 10.8 Å². The van der Waals surface area contributed by atoms with Gasteiger partial charge in [-0.25, -0.2) is 0 Å². The third kappa shape index (κ3) is 798. The van der Waals surface area contributed by atoms with E-state index in [4.69, 9.17) is 29.0 Å². The summed E-state index contributed by atoms with van der Waals surface area (Å²) in [6.45, 7) is 0. The van der Waals surface area contributed by atoms with E-state index in [0.717, 1.165) is 0 Å². The Kier molecular flexibility index (Phi) is 20.9. The molecule has 0 bridgehead atoms. The molecule has 0 aromatic carbocycles. The Bertz CT molecular complexity index is 57.3. The smallest absolute Gasteiger partial charge is 0.652 e. The summed E-state index contributed by atoms with van der Waals surface area (Å²) in [6, 6.07) is 0. The molecule has 0 saturated carbocycles. The minimum atomic E-state index is -2.60. The van der Waals surface area contributed by atoms with E-state index in [0.29, 0.717) is 0 Å². The maximum Gasteiger partial charge on any atom is 2.00 e. The van der Waals surface area contributed by atoms with Gasteiger partial charge in [-0.2, -0.15) is 0 Å². The average Bonchev–Trinajstić information content (AvgIpc) is 1.25. The first kappa shape index (κ1) is 16.4. The average molecular weight is 185 g/mol. The van der Waals surface area contributed by atoms with Crippen molar-refractivity contribution in [3.8, 4) is 0 Å². The fraction of sp³-hybridized carbons (Fsp3) is 0. The molecule has 0 aromatic heterocycles. The van der Waals surface area contributed by atoms with E-state index >= 15 is 0 Å². The molecule has 0 rings (SSSR count). The van der Waals surface area contributed by atoms with Gasteiger partial charge < -0.3 is 24.3 Å². The van der Waals surface area contributed by atoms with Gasteiger partial charge in [-0.1, -0.05) is 0 Å². The predicted octanol–water partition coefficient (Wildman–Crippen LogP) is -5.76.